The molecule has 3 N–H and O–H groups in total. The highest BCUT2D eigenvalue weighted by molar-refractivity contribution is 5.86. The molecule has 2 unspecified atom stereocenters. The van der Waals surface area contributed by atoms with Crippen LogP contribution in [0.5, 0.6) is 0 Å². The van der Waals surface area contributed by atoms with Gasteiger partial charge in [-0.1, -0.05) is 0 Å². The first-order valence-corrected chi connectivity index (χ1v) is 21.1. The van der Waals surface area contributed by atoms with Gasteiger partial charge in [-0.05, 0) is 156 Å². The van der Waals surface area contributed by atoms with Gasteiger partial charge in [0.15, 0.2) is 0 Å². The first-order valence-electron chi connectivity index (χ1n) is 21.1. The molecule has 66 heavy (non-hydrogen) atoms. The number of benzene rings is 2. The minimum absolute atomic E-state index is 0. The molecular weight excluding hydrogens is 898 g/mol. The van der Waals surface area contributed by atoms with Gasteiger partial charge in [0.1, 0.15) is 57.8 Å². The van der Waals surface area contributed by atoms with Crippen molar-refractivity contribution in [3.05, 3.63) is 70.8 Å². The van der Waals surface area contributed by atoms with E-state index >= 15 is 0 Å². The second-order valence-electron chi connectivity index (χ2n) is 20.9. The molecule has 2 saturated heterocycles. The summed E-state index contributed by atoms with van der Waals surface area (Å²) in [4.78, 5) is 72.9. The zero-order valence-electron chi connectivity index (χ0n) is 39.3. The summed E-state index contributed by atoms with van der Waals surface area (Å²) in [5, 5.41) is 9.47. The number of likely N-dealkylation sites (tertiary alicyclic amines) is 2. The van der Waals surface area contributed by atoms with Crippen LogP contribution in [-0.4, -0.2) is 98.9 Å². The van der Waals surface area contributed by atoms with Gasteiger partial charge in [-0.2, -0.15) is 0 Å². The van der Waals surface area contributed by atoms with Crippen LogP contribution in [0, 0.1) is 35.1 Å². The Morgan fingerprint density at radius 3 is 1.15 bits per heavy atom. The number of ether oxygens (including phenoxy) is 5. The topological polar surface area (TPSA) is 201 Å². The number of hydrogen-bond donors (Lipinski definition) is 2. The van der Waals surface area contributed by atoms with Crippen LogP contribution in [0.25, 0.3) is 0 Å². The number of halogens is 5. The quantitative estimate of drug-likeness (QED) is 0.128. The Hall–Kier alpha value is -5.33. The SMILES string of the molecule is CC(C)(C)OC(=O)N1C[C@@]2(c3cc(F)cc(F)c3)C[C@H]2CC1C(=O)O.CC(C)(C)OC(=O)N1C[C@@]2(c3cc(F)cc(F)c3)C[C@H]2CC1C(N)=O.CC(C)(C)OC(=O)OC(=O)OC(C)(C)C.Cl. The van der Waals surface area contributed by atoms with Crippen LogP contribution in [0.1, 0.15) is 120 Å². The van der Waals surface area contributed by atoms with E-state index in [0.717, 1.165) is 12.1 Å². The number of carboxylic acid groups (broad SMARTS) is 1. The minimum Gasteiger partial charge on any atom is -0.480 e. The molecule has 0 aromatic heterocycles. The number of aliphatic carboxylic acids is 1. The molecule has 2 saturated carbocycles. The molecule has 4 aliphatic rings. The number of piperidine rings is 2. The summed E-state index contributed by atoms with van der Waals surface area (Å²) >= 11 is 0. The molecule has 0 spiro atoms. The minimum atomic E-state index is -1.10. The highest BCUT2D eigenvalue weighted by Gasteiger charge is 2.63. The molecule has 2 heterocycles. The zero-order chi connectivity index (χ0) is 49.4. The Morgan fingerprint density at radius 2 is 0.864 bits per heavy atom. The van der Waals surface area contributed by atoms with E-state index in [1.165, 1.54) is 34.1 Å². The first kappa shape index (κ1) is 55.0. The van der Waals surface area contributed by atoms with E-state index < -0.39 is 105 Å². The number of fused-ring (bicyclic) bond motifs is 2. The predicted molar refractivity (Wildman–Crippen MR) is 233 cm³/mol. The lowest BCUT2D eigenvalue weighted by atomic mass is 9.86. The molecule has 2 aromatic carbocycles. The second-order valence-corrected chi connectivity index (χ2v) is 20.9. The molecule has 3 amide bonds. The van der Waals surface area contributed by atoms with E-state index in [4.69, 9.17) is 24.7 Å². The molecule has 0 radical (unpaired) electrons. The predicted octanol–water partition coefficient (Wildman–Crippen LogP) is 9.33. The number of carbonyl (C=O) groups excluding carboxylic acids is 5. The Balaban J connectivity index is 0.000000271. The normalized spacial score (nSPS) is 24.1. The summed E-state index contributed by atoms with van der Waals surface area (Å²) in [6.45, 7) is 20.5. The standard InChI is InChI=1S/C18H22F2N2O3.C18H21F2NO4.C10H18O5.ClH/c1-17(2,3)25-16(24)22-9-18(8-11(18)6-14(22)15(21)23)10-4-12(19)7-13(20)5-10;1-17(2,3)25-16(24)21-9-18(8-11(18)6-14(21)15(22)23)10-4-12(19)7-13(20)5-10;1-9(2,3)14-7(11)13-8(12)15-10(4,5)6;/h4-5,7,11,14H,6,8-9H2,1-3H3,(H2,21,23);4-5,7,11,14H,6,8-9H2,1-3H3,(H,22,23);1-6H3;1H/t2*11-,14?,18-;;/m11../s1. The summed E-state index contributed by atoms with van der Waals surface area (Å²) in [6, 6.07) is 4.96. The lowest BCUT2D eigenvalue weighted by Gasteiger charge is -2.38. The van der Waals surface area contributed by atoms with E-state index in [2.05, 4.69) is 4.74 Å². The van der Waals surface area contributed by atoms with Gasteiger partial charge in [0, 0.05) is 36.1 Å². The smallest absolute Gasteiger partial charge is 0.480 e. The summed E-state index contributed by atoms with van der Waals surface area (Å²) in [5.41, 5.74) is 2.40. The Kier molecular flexibility index (Phi) is 16.6. The van der Waals surface area contributed by atoms with E-state index in [1.807, 2.05) is 0 Å². The molecule has 6 rings (SSSR count). The van der Waals surface area contributed by atoms with E-state index in [1.54, 1.807) is 83.1 Å². The number of amides is 3. The number of primary amides is 1. The molecule has 15 nitrogen and oxygen atoms in total. The van der Waals surface area contributed by atoms with Gasteiger partial charge in [0.05, 0.1) is 0 Å². The highest BCUT2D eigenvalue weighted by Crippen LogP contribution is 2.61. The summed E-state index contributed by atoms with van der Waals surface area (Å²) < 4.78 is 79.0. The molecule has 6 atom stereocenters. The van der Waals surface area contributed by atoms with Crippen molar-refractivity contribution in [3.8, 4) is 0 Å². The lowest BCUT2D eigenvalue weighted by molar-refractivity contribution is -0.144. The van der Waals surface area contributed by atoms with Gasteiger partial charge >= 0.3 is 30.5 Å². The third kappa shape index (κ3) is 14.8. The fourth-order valence-corrected chi connectivity index (χ4v) is 8.10. The largest absolute Gasteiger partial charge is 0.519 e. The molecule has 368 valence electrons. The van der Waals surface area contributed by atoms with Crippen LogP contribution in [0.4, 0.5) is 36.7 Å². The third-order valence-corrected chi connectivity index (χ3v) is 10.8. The van der Waals surface area contributed by atoms with Gasteiger partial charge < -0.3 is 34.5 Å². The van der Waals surface area contributed by atoms with E-state index in [-0.39, 0.29) is 43.8 Å². The third-order valence-electron chi connectivity index (χ3n) is 10.8. The Morgan fingerprint density at radius 1 is 0.561 bits per heavy atom. The number of hydrogen-bond acceptors (Lipinski definition) is 11. The number of carbonyl (C=O) groups is 6. The van der Waals surface area contributed by atoms with Gasteiger partial charge in [0.25, 0.3) is 0 Å². The molecule has 2 aliphatic heterocycles. The van der Waals surface area contributed by atoms with Crippen LogP contribution < -0.4 is 5.73 Å². The van der Waals surface area contributed by atoms with Crippen molar-refractivity contribution in [2.75, 3.05) is 13.1 Å². The fourth-order valence-electron chi connectivity index (χ4n) is 8.10. The molecule has 2 aliphatic carbocycles. The number of carboxylic acids is 1. The van der Waals surface area contributed by atoms with Crippen molar-refractivity contribution in [1.29, 1.82) is 0 Å². The number of nitrogens with two attached hydrogens (primary N) is 1. The highest BCUT2D eigenvalue weighted by atomic mass is 35.5. The summed E-state index contributed by atoms with van der Waals surface area (Å²) in [7, 11) is 0. The van der Waals surface area contributed by atoms with E-state index in [0.29, 0.717) is 30.4 Å². The summed E-state index contributed by atoms with van der Waals surface area (Å²) in [6.07, 6.45) is -1.62. The van der Waals surface area contributed by atoms with Crippen molar-refractivity contribution in [2.24, 2.45) is 17.6 Å². The average molecular weight is 960 g/mol. The Labute approximate surface area is 388 Å². The van der Waals surface area contributed by atoms with Crippen molar-refractivity contribution in [3.63, 3.8) is 0 Å². The van der Waals surface area contributed by atoms with Gasteiger partial charge in [-0.15, -0.1) is 12.4 Å². The maximum Gasteiger partial charge on any atom is 0.519 e. The van der Waals surface area contributed by atoms with Gasteiger partial charge in [0.2, 0.25) is 5.91 Å². The average Bonchev–Trinajstić information content (AvgIpc) is 4.00. The van der Waals surface area contributed by atoms with Crippen molar-refractivity contribution >= 4 is 48.8 Å². The molecule has 4 fully saturated rings. The van der Waals surface area contributed by atoms with Crippen LogP contribution in [0.2, 0.25) is 0 Å². The fraction of sp³-hybridized carbons (Fsp3) is 0.609. The lowest BCUT2D eigenvalue weighted by Crippen LogP contribution is -2.55. The van der Waals surface area contributed by atoms with Crippen LogP contribution in [0.15, 0.2) is 36.4 Å². The van der Waals surface area contributed by atoms with Gasteiger partial charge in [-0.3, -0.25) is 14.6 Å². The monoisotopic (exact) mass is 959 g/mol. The number of rotatable bonds is 4. The van der Waals surface area contributed by atoms with Crippen LogP contribution >= 0.6 is 12.4 Å². The maximum absolute atomic E-state index is 13.6. The zero-order valence-corrected chi connectivity index (χ0v) is 40.2. The number of nitrogens with zero attached hydrogens (tertiary/aromatic N) is 2. The van der Waals surface area contributed by atoms with Crippen molar-refractivity contribution in [2.45, 2.75) is 154 Å². The summed E-state index contributed by atoms with van der Waals surface area (Å²) in [5.74, 6) is -4.34. The van der Waals surface area contributed by atoms with Crippen molar-refractivity contribution in [1.82, 2.24) is 9.80 Å². The molecule has 0 bridgehead atoms. The first-order chi connectivity index (χ1) is 29.5. The Bertz CT molecular complexity index is 1980. The second kappa shape index (κ2) is 19.9. The molecule has 2 aromatic rings. The molecular formula is C46H62ClF4N3O12. The van der Waals surface area contributed by atoms with Gasteiger partial charge in [-0.25, -0.2) is 41.5 Å². The maximum atomic E-state index is 13.6. The van der Waals surface area contributed by atoms with Crippen LogP contribution in [0.3, 0.4) is 0 Å². The van der Waals surface area contributed by atoms with Crippen molar-refractivity contribution < 1.29 is 75.1 Å². The van der Waals surface area contributed by atoms with Crippen LogP contribution in [-0.2, 0) is 44.1 Å². The van der Waals surface area contributed by atoms with E-state index in [9.17, 15) is 51.4 Å². The molecule has 20 heteroatoms.